The molecule has 1 atom stereocenters. The van der Waals surface area contributed by atoms with Gasteiger partial charge in [-0.15, -0.1) is 0 Å². The summed E-state index contributed by atoms with van der Waals surface area (Å²) in [6, 6.07) is 0. The lowest BCUT2D eigenvalue weighted by Crippen LogP contribution is -2.29. The van der Waals surface area contributed by atoms with Crippen LogP contribution in [-0.2, 0) is 28.2 Å². The third-order valence-electron chi connectivity index (χ3n) is 8.41. The Morgan fingerprint density at radius 3 is 1.41 bits per heavy atom. The molecule has 9 heteroatoms. The molecule has 0 bridgehead atoms. The number of hydrogen-bond donors (Lipinski definition) is 2. The molecule has 0 saturated heterocycles. The zero-order valence-electron chi connectivity index (χ0n) is 31.3. The van der Waals surface area contributed by atoms with Crippen molar-refractivity contribution in [2.75, 3.05) is 13.2 Å². The van der Waals surface area contributed by atoms with Crippen LogP contribution >= 0.6 is 7.82 Å². The average molecular weight is 713 g/mol. The van der Waals surface area contributed by atoms with Crippen molar-refractivity contribution in [1.82, 2.24) is 0 Å². The quantitative estimate of drug-likeness (QED) is 0.0285. The molecule has 0 radical (unpaired) electrons. The molecule has 0 aliphatic heterocycles. The molecule has 0 aromatic rings. The summed E-state index contributed by atoms with van der Waals surface area (Å²) in [5.74, 6) is -0.925. The van der Waals surface area contributed by atoms with E-state index in [4.69, 9.17) is 19.3 Å². The van der Waals surface area contributed by atoms with Crippen molar-refractivity contribution in [2.24, 2.45) is 0 Å². The second-order valence-corrected chi connectivity index (χ2v) is 14.5. The smallest absolute Gasteiger partial charge is 0.462 e. The number of phosphoric acid groups is 1. The van der Waals surface area contributed by atoms with Gasteiger partial charge in [0.15, 0.2) is 6.10 Å². The van der Waals surface area contributed by atoms with Gasteiger partial charge in [0.25, 0.3) is 0 Å². The molecule has 0 unspecified atom stereocenters. The predicted molar refractivity (Wildman–Crippen MR) is 202 cm³/mol. The monoisotopic (exact) mass is 713 g/mol. The van der Waals surface area contributed by atoms with Crippen LogP contribution in [0.5, 0.6) is 0 Å². The van der Waals surface area contributed by atoms with Gasteiger partial charge in [-0.05, 0) is 51.4 Å². The lowest BCUT2D eigenvalue weighted by Gasteiger charge is -2.18. The van der Waals surface area contributed by atoms with Gasteiger partial charge in [0.1, 0.15) is 6.61 Å². The Morgan fingerprint density at radius 2 is 0.918 bits per heavy atom. The molecule has 8 nitrogen and oxygen atoms in total. The zero-order chi connectivity index (χ0) is 36.1. The number of esters is 2. The van der Waals surface area contributed by atoms with E-state index in [0.29, 0.717) is 12.8 Å². The molecular formula is C40H73O8P. The van der Waals surface area contributed by atoms with Crippen LogP contribution in [0.4, 0.5) is 0 Å². The molecule has 0 rings (SSSR count). The maximum absolute atomic E-state index is 12.4. The van der Waals surface area contributed by atoms with Crippen LogP contribution in [0, 0.1) is 0 Å². The number of phosphoric ester groups is 1. The summed E-state index contributed by atoms with van der Waals surface area (Å²) in [5.41, 5.74) is 0. The van der Waals surface area contributed by atoms with E-state index in [1.54, 1.807) is 0 Å². The predicted octanol–water partition coefficient (Wildman–Crippen LogP) is 11.8. The Morgan fingerprint density at radius 1 is 0.531 bits per heavy atom. The standard InChI is InChI=1S/C40H73O8P/c1-3-5-7-9-11-13-15-17-19-21-23-25-27-29-31-33-35-40(42)48-38(37-47-49(43,44)45)36-46-39(41)34-32-30-28-26-24-22-20-18-16-14-12-10-8-6-4-2/h12,14,18,20,24,26,38H,3-11,13,15-17,19,21-23,25,27-37H2,1-2H3,(H2,43,44,45)/b14-12+,20-18+,26-24+/t38-/m1/s1. The van der Waals surface area contributed by atoms with Crippen molar-refractivity contribution in [3.63, 3.8) is 0 Å². The number of allylic oxidation sites excluding steroid dienone is 6. The molecule has 0 aliphatic rings. The fourth-order valence-electron chi connectivity index (χ4n) is 5.44. The average Bonchev–Trinajstić information content (AvgIpc) is 3.07. The molecule has 0 aliphatic carbocycles. The summed E-state index contributed by atoms with van der Waals surface area (Å²) < 4.78 is 26.3. The van der Waals surface area contributed by atoms with Crippen LogP contribution in [0.15, 0.2) is 36.5 Å². The van der Waals surface area contributed by atoms with Gasteiger partial charge in [0.2, 0.25) is 0 Å². The first-order valence-corrected chi connectivity index (χ1v) is 21.3. The molecule has 0 fully saturated rings. The Hall–Kier alpha value is -1.73. The van der Waals surface area contributed by atoms with Gasteiger partial charge < -0.3 is 19.3 Å². The normalized spacial score (nSPS) is 12.8. The summed E-state index contributed by atoms with van der Waals surface area (Å²) in [6.07, 6.45) is 41.5. The molecule has 0 aromatic heterocycles. The second kappa shape index (κ2) is 36.1. The highest BCUT2D eigenvalue weighted by Gasteiger charge is 2.22. The minimum absolute atomic E-state index is 0.207. The highest BCUT2D eigenvalue weighted by atomic mass is 31.2. The highest BCUT2D eigenvalue weighted by molar-refractivity contribution is 7.46. The lowest BCUT2D eigenvalue weighted by molar-refractivity contribution is -0.161. The molecule has 286 valence electrons. The van der Waals surface area contributed by atoms with Crippen LogP contribution < -0.4 is 0 Å². The first-order chi connectivity index (χ1) is 23.8. The topological polar surface area (TPSA) is 119 Å². The minimum atomic E-state index is -4.76. The van der Waals surface area contributed by atoms with Crippen molar-refractivity contribution >= 4 is 19.8 Å². The number of unbranched alkanes of at least 4 members (excludes halogenated alkanes) is 20. The van der Waals surface area contributed by atoms with Gasteiger partial charge in [-0.1, -0.05) is 159 Å². The summed E-state index contributed by atoms with van der Waals surface area (Å²) >= 11 is 0. The molecule has 0 heterocycles. The molecule has 0 spiro atoms. The first kappa shape index (κ1) is 47.3. The maximum atomic E-state index is 12.4. The molecule has 49 heavy (non-hydrogen) atoms. The van der Waals surface area contributed by atoms with Crippen LogP contribution in [-0.4, -0.2) is 41.0 Å². The number of carbonyl (C=O) groups is 2. The molecular weight excluding hydrogens is 639 g/mol. The van der Waals surface area contributed by atoms with Crippen LogP contribution in [0.2, 0.25) is 0 Å². The first-order valence-electron chi connectivity index (χ1n) is 19.8. The Kier molecular flexibility index (Phi) is 34.8. The summed E-state index contributed by atoms with van der Waals surface area (Å²) in [6.45, 7) is 3.63. The van der Waals surface area contributed by atoms with Crippen molar-refractivity contribution in [3.05, 3.63) is 36.5 Å². The maximum Gasteiger partial charge on any atom is 0.469 e. The van der Waals surface area contributed by atoms with Crippen molar-refractivity contribution < 1.29 is 37.9 Å². The van der Waals surface area contributed by atoms with E-state index in [9.17, 15) is 14.2 Å². The second-order valence-electron chi connectivity index (χ2n) is 13.3. The summed E-state index contributed by atoms with van der Waals surface area (Å²) in [5, 5.41) is 0. The van der Waals surface area contributed by atoms with E-state index < -0.39 is 32.5 Å². The summed E-state index contributed by atoms with van der Waals surface area (Å²) in [4.78, 5) is 42.7. The van der Waals surface area contributed by atoms with E-state index in [-0.39, 0.29) is 19.4 Å². The molecule has 0 aromatic carbocycles. The van der Waals surface area contributed by atoms with Crippen LogP contribution in [0.1, 0.15) is 187 Å². The van der Waals surface area contributed by atoms with Crippen molar-refractivity contribution in [2.45, 2.75) is 193 Å². The molecule has 0 saturated carbocycles. The number of ether oxygens (including phenoxy) is 2. The van der Waals surface area contributed by atoms with Crippen molar-refractivity contribution in [1.29, 1.82) is 0 Å². The van der Waals surface area contributed by atoms with E-state index in [2.05, 4.69) is 54.8 Å². The fourth-order valence-corrected chi connectivity index (χ4v) is 5.80. The van der Waals surface area contributed by atoms with Gasteiger partial charge in [0.05, 0.1) is 6.61 Å². The zero-order valence-corrected chi connectivity index (χ0v) is 32.2. The molecule has 0 amide bonds. The highest BCUT2D eigenvalue weighted by Crippen LogP contribution is 2.36. The van der Waals surface area contributed by atoms with Crippen LogP contribution in [0.3, 0.4) is 0 Å². The third kappa shape index (κ3) is 38.9. The third-order valence-corrected chi connectivity index (χ3v) is 8.90. The molecule has 2 N–H and O–H groups in total. The van der Waals surface area contributed by atoms with Gasteiger partial charge in [-0.2, -0.15) is 0 Å². The fraction of sp³-hybridized carbons (Fsp3) is 0.800. The van der Waals surface area contributed by atoms with Crippen LogP contribution in [0.25, 0.3) is 0 Å². The number of hydrogen-bond acceptors (Lipinski definition) is 6. The van der Waals surface area contributed by atoms with E-state index in [0.717, 1.165) is 51.4 Å². The number of rotatable bonds is 36. The van der Waals surface area contributed by atoms with E-state index in [1.807, 2.05) is 0 Å². The Labute approximate surface area is 300 Å². The van der Waals surface area contributed by atoms with Gasteiger partial charge in [-0.25, -0.2) is 4.57 Å². The largest absolute Gasteiger partial charge is 0.469 e. The van der Waals surface area contributed by atoms with Gasteiger partial charge >= 0.3 is 19.8 Å². The minimum Gasteiger partial charge on any atom is -0.462 e. The number of carbonyl (C=O) groups excluding carboxylic acids is 2. The summed E-state index contributed by atoms with van der Waals surface area (Å²) in [7, 11) is -4.76. The van der Waals surface area contributed by atoms with E-state index in [1.165, 1.54) is 96.3 Å². The van der Waals surface area contributed by atoms with Crippen molar-refractivity contribution in [3.8, 4) is 0 Å². The van der Waals surface area contributed by atoms with Gasteiger partial charge in [-0.3, -0.25) is 14.1 Å². The SMILES string of the molecule is CCCCC/C=C/C/C=C/C/C=C/CCCCC(=O)OC[C@H](COP(=O)(O)O)OC(=O)CCCCCCCCCCCCCCCCCC. The Balaban J connectivity index is 3.99. The van der Waals surface area contributed by atoms with E-state index >= 15 is 0 Å². The lowest BCUT2D eigenvalue weighted by atomic mass is 10.0. The van der Waals surface area contributed by atoms with Gasteiger partial charge in [0, 0.05) is 12.8 Å². The Bertz CT molecular complexity index is 895.